The lowest BCUT2D eigenvalue weighted by atomic mass is 10.1. The molecule has 0 saturated heterocycles. The summed E-state index contributed by atoms with van der Waals surface area (Å²) in [6.45, 7) is 6.10. The van der Waals surface area contributed by atoms with Gasteiger partial charge in [0.2, 0.25) is 0 Å². The van der Waals surface area contributed by atoms with E-state index in [2.05, 4.69) is 28.4 Å². The van der Waals surface area contributed by atoms with E-state index in [1.807, 2.05) is 24.9 Å². The number of nitrogens with zero attached hydrogens (tertiary/aromatic N) is 3. The van der Waals surface area contributed by atoms with Crippen molar-refractivity contribution in [3.05, 3.63) is 23.5 Å². The molecule has 0 amide bonds. The first-order chi connectivity index (χ1) is 9.11. The Hall–Kier alpha value is -1.46. The molecule has 2 aromatic heterocycles. The fourth-order valence-corrected chi connectivity index (χ4v) is 2.23. The summed E-state index contributed by atoms with van der Waals surface area (Å²) in [4.78, 5) is 4.46. The van der Waals surface area contributed by atoms with Crippen LogP contribution in [-0.4, -0.2) is 33.0 Å². The van der Waals surface area contributed by atoms with Crippen molar-refractivity contribution in [2.45, 2.75) is 26.8 Å². The topological polar surface area (TPSA) is 63.0 Å². The summed E-state index contributed by atoms with van der Waals surface area (Å²) in [6, 6.07) is 2.15. The van der Waals surface area contributed by atoms with Gasteiger partial charge in [-0.25, -0.2) is 4.98 Å². The molecule has 104 valence electrons. The molecule has 2 N–H and O–H groups in total. The number of aliphatic hydroxyl groups excluding tert-OH is 1. The van der Waals surface area contributed by atoms with E-state index >= 15 is 0 Å². The van der Waals surface area contributed by atoms with Crippen LogP contribution in [0.5, 0.6) is 0 Å². The van der Waals surface area contributed by atoms with Gasteiger partial charge in [0.15, 0.2) is 5.65 Å². The van der Waals surface area contributed by atoms with Gasteiger partial charge in [0.25, 0.3) is 0 Å². The van der Waals surface area contributed by atoms with Crippen molar-refractivity contribution < 1.29 is 5.11 Å². The van der Waals surface area contributed by atoms with E-state index in [-0.39, 0.29) is 6.61 Å². The molecule has 1 atom stereocenters. The van der Waals surface area contributed by atoms with Gasteiger partial charge in [0.1, 0.15) is 0 Å². The number of rotatable bonds is 6. The summed E-state index contributed by atoms with van der Waals surface area (Å²) in [5.41, 5.74) is 3.11. The maximum atomic E-state index is 8.86. The van der Waals surface area contributed by atoms with Crippen LogP contribution in [0.25, 0.3) is 11.0 Å². The molecule has 0 aliphatic rings. The fraction of sp³-hybridized carbons (Fsp3) is 0.571. The number of aliphatic hydroxyl groups is 1. The molecule has 0 bridgehead atoms. The second kappa shape index (κ2) is 6.12. The number of aromatic nitrogens is 3. The molecule has 0 radical (unpaired) electrons. The first-order valence-electron chi connectivity index (χ1n) is 6.71. The quantitative estimate of drug-likeness (QED) is 0.825. The Bertz CT molecular complexity index is 550. The van der Waals surface area contributed by atoms with E-state index < -0.39 is 0 Å². The van der Waals surface area contributed by atoms with Gasteiger partial charge in [-0.3, -0.25) is 4.68 Å². The lowest BCUT2D eigenvalue weighted by Gasteiger charge is -2.10. The van der Waals surface area contributed by atoms with Gasteiger partial charge in [-0.1, -0.05) is 6.92 Å². The van der Waals surface area contributed by atoms with Gasteiger partial charge < -0.3 is 10.4 Å². The summed E-state index contributed by atoms with van der Waals surface area (Å²) < 4.78 is 1.81. The zero-order chi connectivity index (χ0) is 13.8. The molecule has 0 saturated carbocycles. The smallest absolute Gasteiger partial charge is 0.157 e. The predicted octanol–water partition coefficient (Wildman–Crippen LogP) is 1.38. The third kappa shape index (κ3) is 3.30. The van der Waals surface area contributed by atoms with Gasteiger partial charge in [0.05, 0.1) is 5.69 Å². The van der Waals surface area contributed by atoms with Gasteiger partial charge in [0, 0.05) is 31.8 Å². The molecular weight excluding hydrogens is 240 g/mol. The van der Waals surface area contributed by atoms with E-state index in [9.17, 15) is 0 Å². The lowest BCUT2D eigenvalue weighted by molar-refractivity contribution is 0.260. The van der Waals surface area contributed by atoms with Gasteiger partial charge >= 0.3 is 0 Å². The second-order valence-corrected chi connectivity index (χ2v) is 5.17. The average Bonchev–Trinajstić information content (AvgIpc) is 2.65. The molecule has 1 unspecified atom stereocenters. The molecule has 0 aliphatic carbocycles. The third-order valence-corrected chi connectivity index (χ3v) is 3.36. The molecule has 5 heteroatoms. The molecule has 2 aromatic rings. The highest BCUT2D eigenvalue weighted by Crippen LogP contribution is 2.16. The van der Waals surface area contributed by atoms with Crippen LogP contribution in [0.1, 0.15) is 24.6 Å². The van der Waals surface area contributed by atoms with Gasteiger partial charge in [-0.05, 0) is 37.4 Å². The standard InChI is InChI=1S/C14H22N4O/c1-10(4-5-19)7-15-8-12-6-13-11(2)17-18(3)14(13)16-9-12/h6,9-10,15,19H,4-5,7-8H2,1-3H3. The zero-order valence-corrected chi connectivity index (χ0v) is 11.8. The lowest BCUT2D eigenvalue weighted by Crippen LogP contribution is -2.21. The summed E-state index contributed by atoms with van der Waals surface area (Å²) in [7, 11) is 1.91. The Balaban J connectivity index is 2.00. The molecule has 5 nitrogen and oxygen atoms in total. The SMILES string of the molecule is Cc1nn(C)c2ncc(CNCC(C)CCO)cc12. The minimum atomic E-state index is 0.255. The summed E-state index contributed by atoms with van der Waals surface area (Å²) in [5, 5.41) is 17.7. The minimum absolute atomic E-state index is 0.255. The van der Waals surface area contributed by atoms with Crippen LogP contribution in [0.2, 0.25) is 0 Å². The van der Waals surface area contributed by atoms with Crippen LogP contribution >= 0.6 is 0 Å². The van der Waals surface area contributed by atoms with Crippen molar-refractivity contribution >= 4 is 11.0 Å². The molecule has 2 rings (SSSR count). The molecule has 0 aliphatic heterocycles. The number of hydrogen-bond donors (Lipinski definition) is 2. The van der Waals surface area contributed by atoms with Crippen LogP contribution in [0.3, 0.4) is 0 Å². The Morgan fingerprint density at radius 2 is 2.26 bits per heavy atom. The van der Waals surface area contributed by atoms with E-state index in [0.29, 0.717) is 5.92 Å². The number of pyridine rings is 1. The first-order valence-corrected chi connectivity index (χ1v) is 6.71. The Morgan fingerprint density at radius 1 is 1.47 bits per heavy atom. The van der Waals surface area contributed by atoms with Crippen LogP contribution < -0.4 is 5.32 Å². The zero-order valence-electron chi connectivity index (χ0n) is 11.8. The van der Waals surface area contributed by atoms with Crippen molar-refractivity contribution in [1.82, 2.24) is 20.1 Å². The number of nitrogens with one attached hydrogen (secondary N) is 1. The molecule has 2 heterocycles. The van der Waals surface area contributed by atoms with Gasteiger partial charge in [-0.15, -0.1) is 0 Å². The highest BCUT2D eigenvalue weighted by atomic mass is 16.3. The third-order valence-electron chi connectivity index (χ3n) is 3.36. The average molecular weight is 262 g/mol. The van der Waals surface area contributed by atoms with Gasteiger partial charge in [-0.2, -0.15) is 5.10 Å². The highest BCUT2D eigenvalue weighted by molar-refractivity contribution is 5.78. The van der Waals surface area contributed by atoms with E-state index in [1.165, 1.54) is 5.56 Å². The van der Waals surface area contributed by atoms with Crippen LogP contribution in [0, 0.1) is 12.8 Å². The predicted molar refractivity (Wildman–Crippen MR) is 75.8 cm³/mol. The summed E-state index contributed by atoms with van der Waals surface area (Å²) >= 11 is 0. The Kier molecular flexibility index (Phi) is 4.50. The number of hydrogen-bond acceptors (Lipinski definition) is 4. The molecule has 19 heavy (non-hydrogen) atoms. The minimum Gasteiger partial charge on any atom is -0.396 e. The van der Waals surface area contributed by atoms with Crippen molar-refractivity contribution in [1.29, 1.82) is 0 Å². The fourth-order valence-electron chi connectivity index (χ4n) is 2.23. The second-order valence-electron chi connectivity index (χ2n) is 5.17. The highest BCUT2D eigenvalue weighted by Gasteiger charge is 2.07. The first kappa shape index (κ1) is 14.0. The van der Waals surface area contributed by atoms with Crippen molar-refractivity contribution in [3.63, 3.8) is 0 Å². The Labute approximate surface area is 113 Å². The Morgan fingerprint density at radius 3 is 3.00 bits per heavy atom. The number of fused-ring (bicyclic) bond motifs is 1. The molecule has 0 fully saturated rings. The molecule has 0 spiro atoms. The molecule has 0 aromatic carbocycles. The van der Waals surface area contributed by atoms with E-state index in [1.54, 1.807) is 0 Å². The van der Waals surface area contributed by atoms with E-state index in [4.69, 9.17) is 5.11 Å². The largest absolute Gasteiger partial charge is 0.396 e. The molecular formula is C14H22N4O. The van der Waals surface area contributed by atoms with Crippen molar-refractivity contribution in [3.8, 4) is 0 Å². The van der Waals surface area contributed by atoms with Crippen LogP contribution in [0.4, 0.5) is 0 Å². The summed E-state index contributed by atoms with van der Waals surface area (Å²) in [5.74, 6) is 0.488. The van der Waals surface area contributed by atoms with Crippen LogP contribution in [-0.2, 0) is 13.6 Å². The maximum Gasteiger partial charge on any atom is 0.157 e. The maximum absolute atomic E-state index is 8.86. The van der Waals surface area contributed by atoms with Crippen molar-refractivity contribution in [2.24, 2.45) is 13.0 Å². The van der Waals surface area contributed by atoms with Crippen molar-refractivity contribution in [2.75, 3.05) is 13.2 Å². The normalized spacial score (nSPS) is 13.1. The number of aryl methyl sites for hydroxylation is 2. The summed E-state index contributed by atoms with van der Waals surface area (Å²) in [6.07, 6.45) is 2.74. The monoisotopic (exact) mass is 262 g/mol. The van der Waals surface area contributed by atoms with E-state index in [0.717, 1.165) is 36.2 Å². The van der Waals surface area contributed by atoms with Crippen LogP contribution in [0.15, 0.2) is 12.3 Å².